The summed E-state index contributed by atoms with van der Waals surface area (Å²) in [5.74, 6) is 1.84. The second-order valence-electron chi connectivity index (χ2n) is 13.7. The lowest BCUT2D eigenvalue weighted by Crippen LogP contribution is -2.68. The van der Waals surface area contributed by atoms with E-state index >= 15 is 0 Å². The lowest BCUT2D eigenvalue weighted by molar-refractivity contribution is -0.228. The van der Waals surface area contributed by atoms with Gasteiger partial charge in [0.15, 0.2) is 17.2 Å². The number of pyridine rings is 1. The minimum Gasteiger partial charge on any atom is -0.480 e. The van der Waals surface area contributed by atoms with Crippen molar-refractivity contribution in [1.82, 2.24) is 19.9 Å². The van der Waals surface area contributed by atoms with E-state index in [1.54, 1.807) is 30.5 Å². The van der Waals surface area contributed by atoms with Gasteiger partial charge in [-0.1, -0.05) is 24.0 Å². The fourth-order valence-electron chi connectivity index (χ4n) is 7.39. The van der Waals surface area contributed by atoms with Crippen LogP contribution in [0.25, 0.3) is 22.1 Å². The Balaban J connectivity index is 1.10. The van der Waals surface area contributed by atoms with Gasteiger partial charge in [-0.25, -0.2) is 37.3 Å². The number of carboxylic acids is 1. The van der Waals surface area contributed by atoms with Crippen molar-refractivity contribution in [3.8, 4) is 17.7 Å². The second kappa shape index (κ2) is 13.4. The van der Waals surface area contributed by atoms with Crippen LogP contribution in [0, 0.1) is 11.8 Å². The van der Waals surface area contributed by atoms with Gasteiger partial charge in [-0.3, -0.25) is 4.90 Å². The number of fused-ring (bicyclic) bond motifs is 3. The number of carbonyl (C=O) groups is 1. The largest absolute Gasteiger partial charge is 0.480 e. The normalized spacial score (nSPS) is 24.3. The Hall–Kier alpha value is -4.72. The number of para-hydroxylation sites is 1. The Kier molecular flexibility index (Phi) is 8.83. The zero-order valence-corrected chi connectivity index (χ0v) is 28.2. The van der Waals surface area contributed by atoms with Gasteiger partial charge in [0, 0.05) is 56.0 Å². The van der Waals surface area contributed by atoms with Crippen LogP contribution in [-0.2, 0) is 14.3 Å². The van der Waals surface area contributed by atoms with Gasteiger partial charge in [0.05, 0.1) is 39.0 Å². The number of ether oxygens (including phenoxy) is 3. The molecule has 1 aromatic carbocycles. The molecule has 4 aromatic rings. The van der Waals surface area contributed by atoms with E-state index in [0.717, 1.165) is 0 Å². The summed E-state index contributed by atoms with van der Waals surface area (Å²) in [5.41, 5.74) is 1.37. The van der Waals surface area contributed by atoms with Crippen LogP contribution in [0.15, 0.2) is 40.9 Å². The maximum absolute atomic E-state index is 14.1. The molecule has 274 valence electrons. The maximum atomic E-state index is 14.1. The summed E-state index contributed by atoms with van der Waals surface area (Å²) in [7, 11) is 0. The van der Waals surface area contributed by atoms with Crippen molar-refractivity contribution in [2.75, 3.05) is 62.3 Å². The van der Waals surface area contributed by atoms with Gasteiger partial charge in [-0.2, -0.15) is 0 Å². The molecule has 8 rings (SSSR count). The van der Waals surface area contributed by atoms with E-state index in [1.165, 1.54) is 4.90 Å². The Bertz CT molecular complexity index is 2060. The fraction of sp³-hybridized carbons (Fsp3) is 0.500. The predicted octanol–water partition coefficient (Wildman–Crippen LogP) is 4.90. The monoisotopic (exact) mass is 724 g/mol. The van der Waals surface area contributed by atoms with E-state index < -0.39 is 41.9 Å². The van der Waals surface area contributed by atoms with Gasteiger partial charge in [-0.15, -0.1) is 0 Å². The van der Waals surface area contributed by atoms with Gasteiger partial charge in [0.2, 0.25) is 5.88 Å². The molecular weight excluding hydrogens is 688 g/mol. The molecule has 7 heterocycles. The maximum Gasteiger partial charge on any atom is 0.326 e. The molecule has 0 aliphatic carbocycles. The van der Waals surface area contributed by atoms with E-state index in [2.05, 4.69) is 31.7 Å². The molecule has 4 fully saturated rings. The SMILES string of the molecule is C[C@@H]1N(c2cc(C#CCN3CCC(F)(F)CC3)cnc2O[C@H]2C[C@@H](C(=O)O)N(c3nc(C(F)F)nc4c3oc3ccccc34)C2)CCOC12COC2. The predicted molar refractivity (Wildman–Crippen MR) is 180 cm³/mol. The number of likely N-dealkylation sites (tertiary alicyclic amines) is 1. The van der Waals surface area contributed by atoms with E-state index in [1.807, 2.05) is 17.9 Å². The topological polar surface area (TPSA) is 127 Å². The van der Waals surface area contributed by atoms with Crippen molar-refractivity contribution in [3.63, 3.8) is 0 Å². The number of rotatable bonds is 7. The smallest absolute Gasteiger partial charge is 0.326 e. The summed E-state index contributed by atoms with van der Waals surface area (Å²) in [5, 5.41) is 10.8. The molecular formula is C36H36F4N6O6. The highest BCUT2D eigenvalue weighted by atomic mass is 19.3. The first kappa shape index (κ1) is 34.4. The number of hydrogen-bond acceptors (Lipinski definition) is 11. The van der Waals surface area contributed by atoms with Gasteiger partial charge < -0.3 is 33.5 Å². The van der Waals surface area contributed by atoms with Crippen LogP contribution in [0.5, 0.6) is 5.88 Å². The van der Waals surface area contributed by atoms with Crippen LogP contribution in [0.4, 0.5) is 29.1 Å². The third kappa shape index (κ3) is 6.35. The number of aliphatic carboxylic acids is 1. The first-order valence-electron chi connectivity index (χ1n) is 17.2. The standard InChI is InChI=1S/C36H36F4N6O6/c1-21-35(19-49-20-35)50-14-13-45(21)25-15-22(5-4-10-44-11-8-36(39,40)9-12-44)17-41-33(25)51-23-16-26(34(47)48)46(18-23)32-29-28(42-31(43-32)30(37)38)24-6-2-3-7-27(24)52-29/h2-3,6-7,15,17,21,23,26,30H,8-14,16,18-20H2,1H3,(H,47,48)/t21-,23-,26-/m0/s1. The van der Waals surface area contributed by atoms with Gasteiger partial charge in [0.25, 0.3) is 12.3 Å². The van der Waals surface area contributed by atoms with Crippen LogP contribution in [0.2, 0.25) is 0 Å². The fourth-order valence-corrected chi connectivity index (χ4v) is 7.39. The molecule has 4 saturated heterocycles. The molecule has 0 amide bonds. The highest BCUT2D eigenvalue weighted by molar-refractivity contribution is 6.06. The highest BCUT2D eigenvalue weighted by Gasteiger charge is 2.50. The van der Waals surface area contributed by atoms with E-state index in [0.29, 0.717) is 55.1 Å². The Morgan fingerprint density at radius 2 is 1.92 bits per heavy atom. The summed E-state index contributed by atoms with van der Waals surface area (Å²) in [6, 6.07) is 7.38. The quantitative estimate of drug-likeness (QED) is 0.206. The van der Waals surface area contributed by atoms with Crippen molar-refractivity contribution >= 4 is 39.5 Å². The lowest BCUT2D eigenvalue weighted by Gasteiger charge is -2.53. The molecule has 16 heteroatoms. The Labute approximate surface area is 295 Å². The number of anilines is 2. The molecule has 3 atom stereocenters. The first-order valence-corrected chi connectivity index (χ1v) is 17.2. The molecule has 4 aliphatic rings. The number of nitrogens with zero attached hydrogens (tertiary/aromatic N) is 6. The molecule has 0 saturated carbocycles. The number of benzene rings is 1. The third-order valence-corrected chi connectivity index (χ3v) is 10.4. The molecule has 1 N–H and O–H groups in total. The third-order valence-electron chi connectivity index (χ3n) is 10.4. The number of alkyl halides is 4. The van der Waals surface area contributed by atoms with Crippen molar-refractivity contribution in [2.45, 2.75) is 62.3 Å². The van der Waals surface area contributed by atoms with Gasteiger partial charge >= 0.3 is 5.97 Å². The minimum atomic E-state index is -3.01. The minimum absolute atomic E-state index is 0.000923. The lowest BCUT2D eigenvalue weighted by atomic mass is 9.90. The van der Waals surface area contributed by atoms with Crippen molar-refractivity contribution < 1.29 is 46.1 Å². The van der Waals surface area contributed by atoms with Crippen molar-refractivity contribution in [1.29, 1.82) is 0 Å². The van der Waals surface area contributed by atoms with Crippen molar-refractivity contribution in [2.24, 2.45) is 0 Å². The average molecular weight is 725 g/mol. The molecule has 3 aromatic heterocycles. The number of aromatic nitrogens is 3. The number of halogens is 4. The summed E-state index contributed by atoms with van der Waals surface area (Å²) >= 11 is 0. The molecule has 52 heavy (non-hydrogen) atoms. The zero-order chi connectivity index (χ0) is 36.2. The molecule has 0 bridgehead atoms. The highest BCUT2D eigenvalue weighted by Crippen LogP contribution is 2.41. The average Bonchev–Trinajstić information content (AvgIpc) is 3.70. The van der Waals surface area contributed by atoms with Crippen LogP contribution in [0.1, 0.15) is 44.0 Å². The number of hydrogen-bond donors (Lipinski definition) is 1. The molecule has 4 aliphatic heterocycles. The van der Waals surface area contributed by atoms with Crippen LogP contribution in [0.3, 0.4) is 0 Å². The molecule has 1 spiro atoms. The Morgan fingerprint density at radius 1 is 1.13 bits per heavy atom. The molecule has 12 nitrogen and oxygen atoms in total. The Morgan fingerprint density at radius 3 is 2.65 bits per heavy atom. The summed E-state index contributed by atoms with van der Waals surface area (Å²) in [4.78, 5) is 30.9. The molecule has 0 radical (unpaired) electrons. The summed E-state index contributed by atoms with van der Waals surface area (Å²) in [6.45, 7) is 4.67. The number of carboxylic acid groups (broad SMARTS) is 1. The summed E-state index contributed by atoms with van der Waals surface area (Å²) < 4.78 is 79.6. The van der Waals surface area contributed by atoms with E-state index in [-0.39, 0.29) is 67.7 Å². The van der Waals surface area contributed by atoms with Crippen LogP contribution in [-0.4, -0.2) is 113 Å². The van der Waals surface area contributed by atoms with Gasteiger partial charge in [0.1, 0.15) is 34.5 Å². The second-order valence-corrected chi connectivity index (χ2v) is 13.7. The number of piperidine rings is 1. The first-order chi connectivity index (χ1) is 25.0. The number of morpholine rings is 1. The van der Waals surface area contributed by atoms with Crippen LogP contribution < -0.4 is 14.5 Å². The van der Waals surface area contributed by atoms with E-state index in [9.17, 15) is 27.5 Å². The number of furan rings is 1. The van der Waals surface area contributed by atoms with Crippen LogP contribution >= 0.6 is 0 Å². The zero-order valence-electron chi connectivity index (χ0n) is 28.2. The van der Waals surface area contributed by atoms with E-state index in [4.69, 9.17) is 18.6 Å². The molecule has 0 unspecified atom stereocenters. The summed E-state index contributed by atoms with van der Waals surface area (Å²) in [6.07, 6.45) is -2.57. The van der Waals surface area contributed by atoms with Crippen molar-refractivity contribution in [3.05, 3.63) is 47.9 Å². The van der Waals surface area contributed by atoms with Gasteiger partial charge in [-0.05, 0) is 25.1 Å².